The van der Waals surface area contributed by atoms with Gasteiger partial charge in [-0.1, -0.05) is 30.3 Å². The molecule has 3 N–H and O–H groups in total. The molecule has 0 saturated heterocycles. The Bertz CT molecular complexity index is 896. The minimum absolute atomic E-state index is 0.100. The van der Waals surface area contributed by atoms with E-state index >= 15 is 0 Å². The number of nitrogen functional groups attached to an aromatic ring is 1. The van der Waals surface area contributed by atoms with E-state index in [1.54, 1.807) is 6.20 Å². The first-order valence-electron chi connectivity index (χ1n) is 8.72. The number of carbonyl (C=O) groups is 1. The van der Waals surface area contributed by atoms with Gasteiger partial charge in [0.05, 0.1) is 24.2 Å². The third-order valence-electron chi connectivity index (χ3n) is 4.05. The first-order chi connectivity index (χ1) is 13.1. The molecule has 0 radical (unpaired) electrons. The number of ether oxygens (including phenoxy) is 1. The van der Waals surface area contributed by atoms with Crippen LogP contribution in [0.5, 0.6) is 5.75 Å². The van der Waals surface area contributed by atoms with Gasteiger partial charge in [-0.2, -0.15) is 0 Å². The molecule has 1 heterocycles. The molecule has 6 heteroatoms. The molecule has 3 rings (SSSR count). The van der Waals surface area contributed by atoms with Gasteiger partial charge in [-0.25, -0.2) is 9.97 Å². The van der Waals surface area contributed by atoms with Gasteiger partial charge >= 0.3 is 5.97 Å². The lowest BCUT2D eigenvalue weighted by atomic mass is 10.1. The zero-order valence-electron chi connectivity index (χ0n) is 14.8. The predicted molar refractivity (Wildman–Crippen MR) is 103 cm³/mol. The molecule has 2 aromatic carbocycles. The van der Waals surface area contributed by atoms with Crippen molar-refractivity contribution in [3.05, 3.63) is 72.1 Å². The lowest BCUT2D eigenvalue weighted by molar-refractivity contribution is -0.137. The van der Waals surface area contributed by atoms with Crippen LogP contribution in [0.2, 0.25) is 0 Å². The van der Waals surface area contributed by atoms with Crippen LogP contribution in [0.25, 0.3) is 11.3 Å². The molecule has 0 unspecified atom stereocenters. The van der Waals surface area contributed by atoms with Crippen molar-refractivity contribution in [2.45, 2.75) is 19.3 Å². The van der Waals surface area contributed by atoms with Crippen LogP contribution in [-0.2, 0) is 11.2 Å². The van der Waals surface area contributed by atoms with Crippen LogP contribution in [0.3, 0.4) is 0 Å². The van der Waals surface area contributed by atoms with Crippen molar-refractivity contribution in [3.8, 4) is 17.0 Å². The summed E-state index contributed by atoms with van der Waals surface area (Å²) in [6, 6.07) is 17.5. The van der Waals surface area contributed by atoms with Crippen molar-refractivity contribution in [3.63, 3.8) is 0 Å². The molecule has 0 aliphatic rings. The van der Waals surface area contributed by atoms with E-state index < -0.39 is 5.97 Å². The van der Waals surface area contributed by atoms with Crippen molar-refractivity contribution >= 4 is 11.8 Å². The van der Waals surface area contributed by atoms with Crippen molar-refractivity contribution in [2.75, 3.05) is 12.3 Å². The summed E-state index contributed by atoms with van der Waals surface area (Å²) in [4.78, 5) is 19.4. The third kappa shape index (κ3) is 5.28. The Balaban J connectivity index is 1.69. The summed E-state index contributed by atoms with van der Waals surface area (Å²) in [5, 5.41) is 8.63. The van der Waals surface area contributed by atoms with Gasteiger partial charge in [-0.05, 0) is 36.2 Å². The Morgan fingerprint density at radius 1 is 1.07 bits per heavy atom. The van der Waals surface area contributed by atoms with Crippen LogP contribution in [0.1, 0.15) is 24.1 Å². The number of carboxylic acid groups (broad SMARTS) is 1. The van der Waals surface area contributed by atoms with Gasteiger partial charge < -0.3 is 15.6 Å². The molecule has 138 valence electrons. The molecule has 0 amide bonds. The zero-order valence-corrected chi connectivity index (χ0v) is 14.8. The SMILES string of the molecule is Nc1ncc(-c2ccc(OCCCC(=O)O)cc2)nc1Cc1ccccc1. The van der Waals surface area contributed by atoms with E-state index in [9.17, 15) is 4.79 Å². The molecule has 0 spiro atoms. The maximum Gasteiger partial charge on any atom is 0.303 e. The highest BCUT2D eigenvalue weighted by Gasteiger charge is 2.08. The van der Waals surface area contributed by atoms with Gasteiger partial charge in [0.25, 0.3) is 0 Å². The molecule has 27 heavy (non-hydrogen) atoms. The van der Waals surface area contributed by atoms with E-state index in [1.165, 1.54) is 0 Å². The summed E-state index contributed by atoms with van der Waals surface area (Å²) in [6.07, 6.45) is 2.86. The fourth-order valence-corrected chi connectivity index (χ4v) is 2.63. The second kappa shape index (κ2) is 8.80. The molecular formula is C21H21N3O3. The summed E-state index contributed by atoms with van der Waals surface area (Å²) in [7, 11) is 0. The van der Waals surface area contributed by atoms with Gasteiger partial charge in [0.15, 0.2) is 0 Å². The minimum Gasteiger partial charge on any atom is -0.494 e. The Kier molecular flexibility index (Phi) is 5.99. The van der Waals surface area contributed by atoms with Gasteiger partial charge in [-0.15, -0.1) is 0 Å². The average Bonchev–Trinajstić information content (AvgIpc) is 2.68. The van der Waals surface area contributed by atoms with Crippen LogP contribution in [0.15, 0.2) is 60.8 Å². The summed E-state index contributed by atoms with van der Waals surface area (Å²) in [6.45, 7) is 0.370. The van der Waals surface area contributed by atoms with E-state index in [0.717, 1.165) is 22.5 Å². The molecule has 0 bridgehead atoms. The summed E-state index contributed by atoms with van der Waals surface area (Å²) < 4.78 is 5.55. The molecule has 0 aliphatic carbocycles. The van der Waals surface area contributed by atoms with Crippen LogP contribution in [0, 0.1) is 0 Å². The summed E-state index contributed by atoms with van der Waals surface area (Å²) >= 11 is 0. The Hall–Kier alpha value is -3.41. The fraction of sp³-hybridized carbons (Fsp3) is 0.190. The lowest BCUT2D eigenvalue weighted by Gasteiger charge is -2.09. The van der Waals surface area contributed by atoms with E-state index in [4.69, 9.17) is 15.6 Å². The van der Waals surface area contributed by atoms with Gasteiger partial charge in [0, 0.05) is 18.4 Å². The summed E-state index contributed by atoms with van der Waals surface area (Å²) in [5.74, 6) is 0.306. The number of hydrogen-bond donors (Lipinski definition) is 2. The maximum absolute atomic E-state index is 10.5. The van der Waals surface area contributed by atoms with E-state index in [-0.39, 0.29) is 6.42 Å². The lowest BCUT2D eigenvalue weighted by Crippen LogP contribution is -2.03. The molecular weight excluding hydrogens is 342 g/mol. The Morgan fingerprint density at radius 2 is 1.81 bits per heavy atom. The average molecular weight is 363 g/mol. The van der Waals surface area contributed by atoms with Crippen molar-refractivity contribution in [1.82, 2.24) is 9.97 Å². The van der Waals surface area contributed by atoms with Crippen molar-refractivity contribution in [2.24, 2.45) is 0 Å². The number of nitrogens with zero attached hydrogens (tertiary/aromatic N) is 2. The van der Waals surface area contributed by atoms with E-state index in [2.05, 4.69) is 9.97 Å². The van der Waals surface area contributed by atoms with Gasteiger partial charge in [0.2, 0.25) is 0 Å². The highest BCUT2D eigenvalue weighted by Crippen LogP contribution is 2.23. The topological polar surface area (TPSA) is 98.3 Å². The number of benzene rings is 2. The number of carboxylic acids is 1. The quantitative estimate of drug-likeness (QED) is 0.594. The second-order valence-electron chi connectivity index (χ2n) is 6.12. The Morgan fingerprint density at radius 3 is 2.52 bits per heavy atom. The molecule has 0 atom stereocenters. The number of hydrogen-bond acceptors (Lipinski definition) is 5. The van der Waals surface area contributed by atoms with Gasteiger partial charge in [-0.3, -0.25) is 4.79 Å². The predicted octanol–water partition coefficient (Wildman–Crippen LogP) is 3.56. The monoisotopic (exact) mass is 363 g/mol. The highest BCUT2D eigenvalue weighted by molar-refractivity contribution is 5.66. The fourth-order valence-electron chi connectivity index (χ4n) is 2.63. The third-order valence-corrected chi connectivity index (χ3v) is 4.05. The van der Waals surface area contributed by atoms with Crippen LogP contribution >= 0.6 is 0 Å². The van der Waals surface area contributed by atoms with Crippen LogP contribution in [0.4, 0.5) is 5.82 Å². The standard InChI is InChI=1S/C21H21N3O3/c22-21-18(13-15-5-2-1-3-6-15)24-19(14-23-21)16-8-10-17(11-9-16)27-12-4-7-20(25)26/h1-3,5-6,8-11,14H,4,7,12-13H2,(H2,22,23)(H,25,26). The first-order valence-corrected chi connectivity index (χ1v) is 8.72. The second-order valence-corrected chi connectivity index (χ2v) is 6.12. The molecule has 0 aliphatic heterocycles. The largest absolute Gasteiger partial charge is 0.494 e. The molecule has 6 nitrogen and oxygen atoms in total. The minimum atomic E-state index is -0.817. The van der Waals surface area contributed by atoms with E-state index in [0.29, 0.717) is 31.0 Å². The van der Waals surface area contributed by atoms with Crippen LogP contribution in [-0.4, -0.2) is 27.7 Å². The highest BCUT2D eigenvalue weighted by atomic mass is 16.5. The summed E-state index contributed by atoms with van der Waals surface area (Å²) in [5.41, 5.74) is 9.52. The number of nitrogens with two attached hydrogens (primary N) is 1. The number of anilines is 1. The number of rotatable bonds is 8. The zero-order chi connectivity index (χ0) is 19.1. The maximum atomic E-state index is 10.5. The van der Waals surface area contributed by atoms with E-state index in [1.807, 2.05) is 54.6 Å². The molecule has 0 fully saturated rings. The Labute approximate surface area is 157 Å². The van der Waals surface area contributed by atoms with Crippen LogP contribution < -0.4 is 10.5 Å². The van der Waals surface area contributed by atoms with Gasteiger partial charge in [0.1, 0.15) is 11.6 Å². The molecule has 1 aromatic heterocycles. The molecule has 0 saturated carbocycles. The number of aromatic nitrogens is 2. The molecule has 3 aromatic rings. The normalized spacial score (nSPS) is 10.5. The van der Waals surface area contributed by atoms with Crippen molar-refractivity contribution in [1.29, 1.82) is 0 Å². The smallest absolute Gasteiger partial charge is 0.303 e. The first kappa shape index (κ1) is 18.4. The number of aliphatic carboxylic acids is 1. The van der Waals surface area contributed by atoms with Crippen molar-refractivity contribution < 1.29 is 14.6 Å².